The summed E-state index contributed by atoms with van der Waals surface area (Å²) in [7, 11) is -3.63. The van der Waals surface area contributed by atoms with Crippen LogP contribution in [-0.4, -0.2) is 55.6 Å². The zero-order chi connectivity index (χ0) is 21.3. The van der Waals surface area contributed by atoms with Crippen LogP contribution in [-0.2, 0) is 10.0 Å². The molecule has 1 saturated heterocycles. The highest BCUT2D eigenvalue weighted by Crippen LogP contribution is 2.30. The molecule has 2 amide bonds. The number of aryl methyl sites for hydroxylation is 1. The summed E-state index contributed by atoms with van der Waals surface area (Å²) in [5, 5.41) is 4.13. The number of aromatic amines is 1. The number of anilines is 1. The molecule has 9 nitrogen and oxygen atoms in total. The van der Waals surface area contributed by atoms with Crippen LogP contribution in [0.1, 0.15) is 38.7 Å². The Morgan fingerprint density at radius 3 is 2.45 bits per heavy atom. The number of piperidine rings is 1. The third kappa shape index (κ3) is 5.21. The number of sulfonamides is 1. The van der Waals surface area contributed by atoms with Gasteiger partial charge >= 0.3 is 0 Å². The first-order valence-electron chi connectivity index (χ1n) is 8.62. The van der Waals surface area contributed by atoms with Gasteiger partial charge in [-0.2, -0.15) is 0 Å². The van der Waals surface area contributed by atoms with E-state index >= 15 is 0 Å². The van der Waals surface area contributed by atoms with Gasteiger partial charge in [0.15, 0.2) is 5.13 Å². The lowest BCUT2D eigenvalue weighted by Gasteiger charge is -2.32. The van der Waals surface area contributed by atoms with Gasteiger partial charge in [0.05, 0.1) is 22.5 Å². The molecule has 2 aromatic heterocycles. The Balaban J connectivity index is 1.56. The van der Waals surface area contributed by atoms with Gasteiger partial charge in [-0.25, -0.2) is 18.1 Å². The maximum atomic E-state index is 12.4. The van der Waals surface area contributed by atoms with Gasteiger partial charge < -0.3 is 15.2 Å². The van der Waals surface area contributed by atoms with Crippen molar-refractivity contribution in [3.05, 3.63) is 32.5 Å². The van der Waals surface area contributed by atoms with Gasteiger partial charge in [0, 0.05) is 24.8 Å². The van der Waals surface area contributed by atoms with Crippen molar-refractivity contribution in [2.24, 2.45) is 0 Å². The molecule has 0 radical (unpaired) electrons. The summed E-state index contributed by atoms with van der Waals surface area (Å²) in [6.07, 6.45) is 3.64. The van der Waals surface area contributed by atoms with Crippen molar-refractivity contribution < 1.29 is 18.0 Å². The maximum absolute atomic E-state index is 12.4. The Hall–Kier alpha value is -1.82. The highest BCUT2D eigenvalue weighted by atomic mass is 35.5. The third-order valence-corrected chi connectivity index (χ3v) is 6.94. The first kappa shape index (κ1) is 21.9. The van der Waals surface area contributed by atoms with Gasteiger partial charge in [-0.05, 0) is 19.8 Å². The summed E-state index contributed by atoms with van der Waals surface area (Å²) in [6.45, 7) is 3.00. The minimum absolute atomic E-state index is 0.0369. The fraction of sp³-hybridized carbons (Fsp3) is 0.438. The zero-order valence-corrected chi connectivity index (χ0v) is 18.7. The molecule has 1 aliphatic heterocycles. The van der Waals surface area contributed by atoms with Crippen LogP contribution in [0.3, 0.4) is 0 Å². The molecule has 0 spiro atoms. The van der Waals surface area contributed by atoms with Gasteiger partial charge in [0.2, 0.25) is 10.0 Å². The lowest BCUT2D eigenvalue weighted by atomic mass is 10.1. The van der Waals surface area contributed by atoms with E-state index in [4.69, 9.17) is 23.2 Å². The molecule has 1 aliphatic rings. The summed E-state index contributed by atoms with van der Waals surface area (Å²) < 4.78 is 24.3. The Bertz CT molecular complexity index is 1040. The fourth-order valence-electron chi connectivity index (χ4n) is 2.94. The Morgan fingerprint density at radius 1 is 1.24 bits per heavy atom. The maximum Gasteiger partial charge on any atom is 0.276 e. The molecule has 0 bridgehead atoms. The van der Waals surface area contributed by atoms with E-state index in [1.807, 2.05) is 9.62 Å². The number of nitrogens with zero attached hydrogens (tertiary/aromatic N) is 2. The number of carbonyl (C=O) groups excluding carboxylic acids is 2. The van der Waals surface area contributed by atoms with Crippen LogP contribution in [0.5, 0.6) is 0 Å². The predicted molar refractivity (Wildman–Crippen MR) is 113 cm³/mol. The van der Waals surface area contributed by atoms with Crippen molar-refractivity contribution >= 4 is 61.5 Å². The Kier molecular flexibility index (Phi) is 6.42. The molecule has 29 heavy (non-hydrogen) atoms. The number of H-pyrrole nitrogens is 1. The fourth-order valence-corrected chi connectivity index (χ4v) is 4.73. The van der Waals surface area contributed by atoms with Crippen LogP contribution >= 0.6 is 34.5 Å². The van der Waals surface area contributed by atoms with Crippen LogP contribution in [0.2, 0.25) is 10.0 Å². The number of hydrogen-bond acceptors (Lipinski definition) is 7. The highest BCUT2D eigenvalue weighted by molar-refractivity contribution is 7.89. The standard InChI is InChI=1S/C16H19Cl2N5O4S2/c1-8-11(17)12(18)13(20-8)15(25)21-9-3-5-23(6-4-9)16-19-7-10(28-16)14(24)22-29(2,26)27/h7,9,20H,3-6H2,1-2H3,(H,21,25)(H,22,24). The van der Waals surface area contributed by atoms with Gasteiger partial charge in [-0.3, -0.25) is 9.59 Å². The number of thiazole rings is 1. The predicted octanol–water partition coefficient (Wildman–Crippen LogP) is 2.17. The van der Waals surface area contributed by atoms with Crippen LogP contribution in [0, 0.1) is 6.92 Å². The Labute approximate surface area is 181 Å². The van der Waals surface area contributed by atoms with Gasteiger partial charge in [0.1, 0.15) is 10.6 Å². The number of aromatic nitrogens is 2. The second-order valence-corrected chi connectivity index (χ2v) is 10.2. The molecule has 13 heteroatoms. The smallest absolute Gasteiger partial charge is 0.276 e. The quantitative estimate of drug-likeness (QED) is 0.603. The van der Waals surface area contributed by atoms with E-state index in [-0.39, 0.29) is 27.5 Å². The molecule has 0 saturated carbocycles. The first-order chi connectivity index (χ1) is 13.5. The number of hydrogen-bond donors (Lipinski definition) is 3. The second kappa shape index (κ2) is 8.50. The molecule has 1 fully saturated rings. The number of rotatable bonds is 5. The van der Waals surface area contributed by atoms with E-state index in [2.05, 4.69) is 15.3 Å². The van der Waals surface area contributed by atoms with Crippen molar-refractivity contribution in [2.45, 2.75) is 25.8 Å². The summed E-state index contributed by atoms with van der Waals surface area (Å²) in [4.78, 5) is 33.7. The SMILES string of the molecule is Cc1[nH]c(C(=O)NC2CCN(c3ncc(C(=O)NS(C)(=O)=O)s3)CC2)c(Cl)c1Cl. The van der Waals surface area contributed by atoms with Crippen molar-refractivity contribution in [3.8, 4) is 0 Å². The van der Waals surface area contributed by atoms with E-state index in [0.29, 0.717) is 41.8 Å². The van der Waals surface area contributed by atoms with E-state index < -0.39 is 15.9 Å². The molecule has 3 N–H and O–H groups in total. The number of amides is 2. The van der Waals surface area contributed by atoms with Crippen LogP contribution in [0.15, 0.2) is 6.20 Å². The molecule has 0 unspecified atom stereocenters. The highest BCUT2D eigenvalue weighted by Gasteiger charge is 2.26. The molecule has 0 aromatic carbocycles. The van der Waals surface area contributed by atoms with E-state index in [1.165, 1.54) is 6.20 Å². The molecule has 0 aliphatic carbocycles. The van der Waals surface area contributed by atoms with Crippen LogP contribution in [0.25, 0.3) is 0 Å². The minimum Gasteiger partial charge on any atom is -0.352 e. The van der Waals surface area contributed by atoms with Crippen LogP contribution < -0.4 is 14.9 Å². The summed E-state index contributed by atoms with van der Waals surface area (Å²) >= 11 is 13.2. The molecule has 3 rings (SSSR count). The molecular weight excluding hydrogens is 461 g/mol. The van der Waals surface area contributed by atoms with Crippen molar-refractivity contribution in [2.75, 3.05) is 24.2 Å². The van der Waals surface area contributed by atoms with E-state index in [9.17, 15) is 18.0 Å². The Morgan fingerprint density at radius 2 is 1.90 bits per heavy atom. The van der Waals surface area contributed by atoms with Gasteiger partial charge in [-0.15, -0.1) is 0 Å². The van der Waals surface area contributed by atoms with Crippen molar-refractivity contribution in [1.82, 2.24) is 20.0 Å². The molecule has 2 aromatic rings. The molecular formula is C16H19Cl2N5O4S2. The first-order valence-corrected chi connectivity index (χ1v) is 12.1. The van der Waals surface area contributed by atoms with E-state index in [1.54, 1.807) is 6.92 Å². The molecule has 158 valence electrons. The average molecular weight is 480 g/mol. The number of carbonyl (C=O) groups is 2. The second-order valence-electron chi connectivity index (χ2n) is 6.70. The van der Waals surface area contributed by atoms with Crippen molar-refractivity contribution in [3.63, 3.8) is 0 Å². The van der Waals surface area contributed by atoms with E-state index in [0.717, 1.165) is 17.6 Å². The van der Waals surface area contributed by atoms with Gasteiger partial charge in [-0.1, -0.05) is 34.5 Å². The average Bonchev–Trinajstić information content (AvgIpc) is 3.22. The zero-order valence-electron chi connectivity index (χ0n) is 15.6. The number of halogens is 2. The lowest BCUT2D eigenvalue weighted by Crippen LogP contribution is -2.44. The normalized spacial score (nSPS) is 15.4. The minimum atomic E-state index is -3.63. The topological polar surface area (TPSA) is 124 Å². The molecule has 3 heterocycles. The summed E-state index contributed by atoms with van der Waals surface area (Å²) in [5.74, 6) is -1.01. The monoisotopic (exact) mass is 479 g/mol. The largest absolute Gasteiger partial charge is 0.352 e. The van der Waals surface area contributed by atoms with Crippen LogP contribution in [0.4, 0.5) is 5.13 Å². The van der Waals surface area contributed by atoms with Gasteiger partial charge in [0.25, 0.3) is 11.8 Å². The third-order valence-electron chi connectivity index (χ3n) is 4.38. The van der Waals surface area contributed by atoms with Crippen molar-refractivity contribution in [1.29, 1.82) is 0 Å². The summed E-state index contributed by atoms with van der Waals surface area (Å²) in [6, 6.07) is -0.0369. The summed E-state index contributed by atoms with van der Waals surface area (Å²) in [5.41, 5.74) is 0.883. The molecule has 0 atom stereocenters. The lowest BCUT2D eigenvalue weighted by molar-refractivity contribution is 0.0925. The number of nitrogens with one attached hydrogen (secondary N) is 3.